The van der Waals surface area contributed by atoms with Crippen LogP contribution in [0.1, 0.15) is 153 Å². The van der Waals surface area contributed by atoms with Crippen LogP contribution in [0.5, 0.6) is 0 Å². The summed E-state index contributed by atoms with van der Waals surface area (Å²) < 4.78 is 124. The van der Waals surface area contributed by atoms with Crippen LogP contribution >= 0.6 is 0 Å². The Labute approximate surface area is 321 Å². The molecule has 3 aliphatic carbocycles. The Balaban J connectivity index is 0.000000728. The lowest BCUT2D eigenvalue weighted by Crippen LogP contribution is -2.58. The van der Waals surface area contributed by atoms with Crippen molar-refractivity contribution < 1.29 is 73.2 Å². The minimum atomic E-state index is -5.67. The molecule has 0 spiro atoms. The molecule has 0 aromatic heterocycles. The van der Waals surface area contributed by atoms with Gasteiger partial charge < -0.3 is 19.3 Å². The zero-order chi connectivity index (χ0) is 43.5. The number of carbonyl (C=O) groups is 3. The first-order valence-corrected chi connectivity index (χ1v) is 19.1. The lowest BCUT2D eigenvalue weighted by atomic mass is 9.79. The summed E-state index contributed by atoms with van der Waals surface area (Å²) in [6, 6.07) is 0. The van der Waals surface area contributed by atoms with Crippen LogP contribution in [0.4, 0.5) is 39.5 Å². The molecule has 0 radical (unpaired) electrons. The third kappa shape index (κ3) is 15.9. The summed E-state index contributed by atoms with van der Waals surface area (Å²) >= 11 is 0. The maximum Gasteiger partial charge on any atom is 0.426 e. The molecule has 7 nitrogen and oxygen atoms in total. The summed E-state index contributed by atoms with van der Waals surface area (Å²) in [6.45, 7) is 17.1. The van der Waals surface area contributed by atoms with Gasteiger partial charge in [0, 0.05) is 0 Å². The number of carbonyl (C=O) groups excluding carboxylic acids is 3. The van der Waals surface area contributed by atoms with Gasteiger partial charge in [-0.05, 0) is 136 Å². The topological polar surface area (TPSA) is 99.1 Å². The average Bonchev–Trinajstić information content (AvgIpc) is 3.84. The summed E-state index contributed by atoms with van der Waals surface area (Å²) in [7, 11) is 1.42. The van der Waals surface area contributed by atoms with E-state index in [0.29, 0.717) is 25.7 Å². The van der Waals surface area contributed by atoms with Crippen molar-refractivity contribution in [3.8, 4) is 0 Å². The molecule has 326 valence electrons. The van der Waals surface area contributed by atoms with Crippen LogP contribution in [0, 0.1) is 34.0 Å². The molecular formula is C39H65F9O7. The molecule has 2 bridgehead atoms. The van der Waals surface area contributed by atoms with E-state index in [1.165, 1.54) is 20.0 Å². The van der Waals surface area contributed by atoms with Crippen molar-refractivity contribution in [2.45, 2.75) is 182 Å². The molecule has 16 heteroatoms. The number of hydrogen-bond donors (Lipinski definition) is 1. The molecule has 3 atom stereocenters. The van der Waals surface area contributed by atoms with E-state index < -0.39 is 54.5 Å². The van der Waals surface area contributed by atoms with Gasteiger partial charge in [0.25, 0.3) is 5.60 Å². The van der Waals surface area contributed by atoms with E-state index in [2.05, 4.69) is 16.4 Å². The fourth-order valence-corrected chi connectivity index (χ4v) is 6.33. The highest BCUT2D eigenvalue weighted by Crippen LogP contribution is 2.55. The molecule has 3 saturated carbocycles. The van der Waals surface area contributed by atoms with Crippen molar-refractivity contribution >= 4 is 17.9 Å². The lowest BCUT2D eigenvalue weighted by molar-refractivity contribution is -0.373. The minimum Gasteiger partial charge on any atom is -0.469 e. The van der Waals surface area contributed by atoms with Crippen molar-refractivity contribution in [1.82, 2.24) is 0 Å². The third-order valence-corrected chi connectivity index (χ3v) is 11.7. The summed E-state index contributed by atoms with van der Waals surface area (Å²) in [5.41, 5.74) is -6.18. The number of halogens is 9. The summed E-state index contributed by atoms with van der Waals surface area (Å²) in [5.74, 6) is -1.49. The van der Waals surface area contributed by atoms with Gasteiger partial charge in [-0.25, -0.2) is 0 Å². The van der Waals surface area contributed by atoms with Crippen LogP contribution in [0.15, 0.2) is 0 Å². The zero-order valence-corrected chi connectivity index (χ0v) is 34.4. The smallest absolute Gasteiger partial charge is 0.426 e. The first kappa shape index (κ1) is 52.7. The van der Waals surface area contributed by atoms with Crippen molar-refractivity contribution in [3.05, 3.63) is 0 Å². The zero-order valence-electron chi connectivity index (χ0n) is 34.4. The van der Waals surface area contributed by atoms with Gasteiger partial charge in [-0.2, -0.15) is 39.5 Å². The highest BCUT2D eigenvalue weighted by Gasteiger charge is 2.71. The van der Waals surface area contributed by atoms with E-state index >= 15 is 0 Å². The normalized spacial score (nSPS) is 21.2. The average molecular weight is 817 g/mol. The van der Waals surface area contributed by atoms with E-state index in [1.54, 1.807) is 20.8 Å². The molecule has 3 aliphatic rings. The minimum absolute atomic E-state index is 0.0197. The summed E-state index contributed by atoms with van der Waals surface area (Å²) in [4.78, 5) is 33.9. The second-order valence-corrected chi connectivity index (χ2v) is 17.0. The third-order valence-electron chi connectivity index (χ3n) is 11.7. The Morgan fingerprint density at radius 1 is 0.673 bits per heavy atom. The fraction of sp³-hybridized carbons (Fsp3) is 0.923. The van der Waals surface area contributed by atoms with Crippen molar-refractivity contribution in [3.63, 3.8) is 0 Å². The van der Waals surface area contributed by atoms with Crippen LogP contribution < -0.4 is 0 Å². The van der Waals surface area contributed by atoms with Crippen molar-refractivity contribution in [2.24, 2.45) is 34.0 Å². The van der Waals surface area contributed by atoms with Gasteiger partial charge in [-0.1, -0.05) is 34.1 Å². The first-order chi connectivity index (χ1) is 24.7. The Bertz CT molecular complexity index is 1190. The van der Waals surface area contributed by atoms with Gasteiger partial charge in [-0.15, -0.1) is 0 Å². The van der Waals surface area contributed by atoms with Gasteiger partial charge in [0.05, 0.1) is 23.4 Å². The fourth-order valence-electron chi connectivity index (χ4n) is 6.33. The lowest BCUT2D eigenvalue weighted by Gasteiger charge is -2.36. The molecule has 3 rings (SSSR count). The van der Waals surface area contributed by atoms with Crippen LogP contribution in [-0.4, -0.2) is 66.5 Å². The molecule has 55 heavy (non-hydrogen) atoms. The molecule has 0 heterocycles. The number of rotatable bonds is 11. The van der Waals surface area contributed by atoms with E-state index in [-0.39, 0.29) is 40.2 Å². The number of ether oxygens (including phenoxy) is 3. The predicted molar refractivity (Wildman–Crippen MR) is 189 cm³/mol. The van der Waals surface area contributed by atoms with Crippen LogP contribution in [0.25, 0.3) is 0 Å². The van der Waals surface area contributed by atoms with Crippen LogP contribution in [0.2, 0.25) is 0 Å². The maximum absolute atomic E-state index is 12.5. The van der Waals surface area contributed by atoms with Gasteiger partial charge >= 0.3 is 36.4 Å². The number of aliphatic hydroxyl groups is 1. The van der Waals surface area contributed by atoms with E-state index in [1.807, 2.05) is 41.5 Å². The van der Waals surface area contributed by atoms with E-state index in [4.69, 9.17) is 9.84 Å². The van der Waals surface area contributed by atoms with E-state index in [9.17, 15) is 53.9 Å². The molecule has 0 amide bonds. The Kier molecular flexibility index (Phi) is 19.6. The molecule has 0 aromatic rings. The van der Waals surface area contributed by atoms with Gasteiger partial charge in [-0.3, -0.25) is 14.4 Å². The SMILES string of the molecule is CCC(C)(C)C(=O)OC.CCC(C)(C)C(=O)OCC(F)(F)F.CCC1(OC(=O)C(C)(C)CC)CCCC1.OC(CC1CC2CCC1C2)(C(F)(F)F)C(F)(F)F. The highest BCUT2D eigenvalue weighted by molar-refractivity contribution is 5.76. The largest absolute Gasteiger partial charge is 0.469 e. The van der Waals surface area contributed by atoms with Gasteiger partial charge in [0.1, 0.15) is 5.60 Å². The van der Waals surface area contributed by atoms with Crippen molar-refractivity contribution in [1.29, 1.82) is 0 Å². The summed E-state index contributed by atoms with van der Waals surface area (Å²) in [6.07, 6.45) is -6.83. The molecule has 3 fully saturated rings. The number of methoxy groups -OCH3 is 1. The monoisotopic (exact) mass is 816 g/mol. The number of fused-ring (bicyclic) bond motifs is 2. The molecular weight excluding hydrogens is 751 g/mol. The quantitative estimate of drug-likeness (QED) is 0.126. The van der Waals surface area contributed by atoms with Crippen LogP contribution in [0.3, 0.4) is 0 Å². The number of alkyl halides is 9. The second kappa shape index (κ2) is 20.4. The number of hydrogen-bond acceptors (Lipinski definition) is 7. The molecule has 0 aromatic carbocycles. The van der Waals surface area contributed by atoms with Crippen LogP contribution in [-0.2, 0) is 28.6 Å². The highest BCUT2D eigenvalue weighted by atomic mass is 19.4. The predicted octanol–water partition coefficient (Wildman–Crippen LogP) is 11.5. The Hall–Kier alpha value is -2.26. The maximum atomic E-state index is 12.5. The Morgan fingerprint density at radius 3 is 1.42 bits per heavy atom. The second-order valence-electron chi connectivity index (χ2n) is 17.0. The van der Waals surface area contributed by atoms with Gasteiger partial charge in [0.15, 0.2) is 6.61 Å². The number of esters is 3. The molecule has 1 N–H and O–H groups in total. The molecule has 0 saturated heterocycles. The van der Waals surface area contributed by atoms with E-state index in [0.717, 1.165) is 38.5 Å². The first-order valence-electron chi connectivity index (χ1n) is 19.1. The molecule has 3 unspecified atom stereocenters. The van der Waals surface area contributed by atoms with Crippen molar-refractivity contribution in [2.75, 3.05) is 13.7 Å². The standard InChI is InChI=1S/C13H24O2.C11H14F6O.C8H13F3O2.C7H14O2/c1-5-12(3,4)11(14)15-13(6-2)9-7-8-10-13;12-10(13,14)9(18,11(15,16)17)5-8-4-6-1-2-7(8)3-6;1-4-7(2,3)6(12)13-5-8(9,10)11;1-5-7(2,3)6(8)9-4/h5-10H2,1-4H3;6-8,18H,1-5H2;4-5H2,1-3H3;5H2,1-4H3. The summed E-state index contributed by atoms with van der Waals surface area (Å²) in [5, 5.41) is 9.12. The Morgan fingerprint density at radius 2 is 1.11 bits per heavy atom. The van der Waals surface area contributed by atoms with Gasteiger partial charge in [0.2, 0.25) is 0 Å². The molecule has 0 aliphatic heterocycles.